The fourth-order valence-electron chi connectivity index (χ4n) is 2.63. The van der Waals surface area contributed by atoms with Crippen molar-refractivity contribution in [2.24, 2.45) is 5.92 Å². The number of anilines is 1. The van der Waals surface area contributed by atoms with Crippen LogP contribution in [0.4, 0.5) is 5.69 Å². The molecule has 0 spiro atoms. The van der Waals surface area contributed by atoms with Crippen molar-refractivity contribution in [1.82, 2.24) is 10.3 Å². The molecule has 1 N–H and O–H groups in total. The van der Waals surface area contributed by atoms with Crippen molar-refractivity contribution in [1.29, 1.82) is 0 Å². The molecule has 3 heterocycles. The maximum absolute atomic E-state index is 5.80. The highest BCUT2D eigenvalue weighted by Gasteiger charge is 2.32. The smallest absolute Gasteiger partial charge is 0.129 e. The molecule has 0 aromatic carbocycles. The van der Waals surface area contributed by atoms with Gasteiger partial charge in [0.2, 0.25) is 0 Å². The number of fused-ring (bicyclic) bond motifs is 1. The van der Waals surface area contributed by atoms with Gasteiger partial charge in [0.1, 0.15) is 5.15 Å². The van der Waals surface area contributed by atoms with E-state index in [1.165, 1.54) is 25.1 Å². The number of nitrogens with one attached hydrogen (secondary N) is 1. The molecule has 0 aliphatic carbocycles. The number of nitrogens with zero attached hydrogens (tertiary/aromatic N) is 2. The van der Waals surface area contributed by atoms with Crippen molar-refractivity contribution >= 4 is 17.3 Å². The Labute approximate surface area is 101 Å². The Morgan fingerprint density at radius 3 is 2.88 bits per heavy atom. The van der Waals surface area contributed by atoms with Crippen LogP contribution in [-0.2, 0) is 0 Å². The zero-order valence-corrected chi connectivity index (χ0v) is 9.95. The molecule has 2 fully saturated rings. The minimum absolute atomic E-state index is 0.570. The van der Waals surface area contributed by atoms with Crippen LogP contribution in [0.2, 0.25) is 5.15 Å². The second-order valence-electron chi connectivity index (χ2n) is 4.68. The van der Waals surface area contributed by atoms with Crippen LogP contribution < -0.4 is 10.2 Å². The Morgan fingerprint density at radius 1 is 1.31 bits per heavy atom. The highest BCUT2D eigenvalue weighted by Crippen LogP contribution is 2.27. The highest BCUT2D eigenvalue weighted by atomic mass is 35.5. The average molecular weight is 238 g/mol. The molecule has 16 heavy (non-hydrogen) atoms. The molecule has 86 valence electrons. The predicted molar refractivity (Wildman–Crippen MR) is 66.0 cm³/mol. The van der Waals surface area contributed by atoms with Gasteiger partial charge in [0.15, 0.2) is 0 Å². The van der Waals surface area contributed by atoms with Crippen LogP contribution in [-0.4, -0.2) is 30.7 Å². The standard InChI is InChI=1S/C12H16ClN3/c13-12-2-1-10(8-15-12)16-5-3-9-7-14-11(9)4-6-16/h1-2,8-9,11,14H,3-7H2. The molecular weight excluding hydrogens is 222 g/mol. The first-order valence-corrected chi connectivity index (χ1v) is 6.30. The number of pyridine rings is 1. The Bertz CT molecular complexity index is 351. The zero-order valence-electron chi connectivity index (χ0n) is 9.19. The molecule has 1 aromatic rings. The lowest BCUT2D eigenvalue weighted by molar-refractivity contribution is 0.226. The van der Waals surface area contributed by atoms with Gasteiger partial charge in [-0.05, 0) is 37.4 Å². The zero-order chi connectivity index (χ0) is 11.0. The third-order valence-corrected chi connectivity index (χ3v) is 3.99. The molecular formula is C12H16ClN3. The van der Waals surface area contributed by atoms with Crippen LogP contribution in [0.15, 0.2) is 18.3 Å². The third kappa shape index (κ3) is 1.89. The van der Waals surface area contributed by atoms with Crippen molar-refractivity contribution in [3.05, 3.63) is 23.5 Å². The number of halogens is 1. The minimum Gasteiger partial charge on any atom is -0.370 e. The molecule has 1 aromatic heterocycles. The quantitative estimate of drug-likeness (QED) is 0.757. The van der Waals surface area contributed by atoms with Gasteiger partial charge in [-0.3, -0.25) is 0 Å². The van der Waals surface area contributed by atoms with E-state index in [4.69, 9.17) is 11.6 Å². The first kappa shape index (κ1) is 10.4. The Hall–Kier alpha value is -0.800. The second-order valence-corrected chi connectivity index (χ2v) is 5.07. The third-order valence-electron chi connectivity index (χ3n) is 3.77. The molecule has 2 saturated heterocycles. The maximum Gasteiger partial charge on any atom is 0.129 e. The van der Waals surface area contributed by atoms with Crippen LogP contribution >= 0.6 is 11.6 Å². The van der Waals surface area contributed by atoms with E-state index in [1.54, 1.807) is 0 Å². The first-order chi connectivity index (χ1) is 7.83. The van der Waals surface area contributed by atoms with Crippen LogP contribution in [0.3, 0.4) is 0 Å². The van der Waals surface area contributed by atoms with Gasteiger partial charge in [-0.1, -0.05) is 11.6 Å². The Kier molecular flexibility index (Phi) is 2.74. The minimum atomic E-state index is 0.570. The van der Waals surface area contributed by atoms with Crippen molar-refractivity contribution in [3.8, 4) is 0 Å². The van der Waals surface area contributed by atoms with Crippen LogP contribution in [0.25, 0.3) is 0 Å². The molecule has 0 saturated carbocycles. The van der Waals surface area contributed by atoms with Crippen molar-refractivity contribution in [2.45, 2.75) is 18.9 Å². The summed E-state index contributed by atoms with van der Waals surface area (Å²) < 4.78 is 0. The van der Waals surface area contributed by atoms with E-state index in [2.05, 4.69) is 21.3 Å². The lowest BCUT2D eigenvalue weighted by atomic mass is 9.88. The molecule has 0 radical (unpaired) electrons. The van der Waals surface area contributed by atoms with Gasteiger partial charge in [-0.2, -0.15) is 0 Å². The summed E-state index contributed by atoms with van der Waals surface area (Å²) in [5.74, 6) is 0.894. The van der Waals surface area contributed by atoms with E-state index in [0.29, 0.717) is 5.15 Å². The monoisotopic (exact) mass is 237 g/mol. The Balaban J connectivity index is 1.72. The predicted octanol–water partition coefficient (Wildman–Crippen LogP) is 1.92. The average Bonchev–Trinajstić information content (AvgIpc) is 2.39. The molecule has 3 nitrogen and oxygen atoms in total. The fourth-order valence-corrected chi connectivity index (χ4v) is 2.75. The SMILES string of the molecule is Clc1ccc(N2CCC3CNC3CC2)cn1. The summed E-state index contributed by atoms with van der Waals surface area (Å²) >= 11 is 5.80. The molecule has 4 heteroatoms. The van der Waals surface area contributed by atoms with Gasteiger partial charge >= 0.3 is 0 Å². The molecule has 2 aliphatic heterocycles. The van der Waals surface area contributed by atoms with Gasteiger partial charge in [0, 0.05) is 19.1 Å². The van der Waals surface area contributed by atoms with Crippen LogP contribution in [0.5, 0.6) is 0 Å². The van der Waals surface area contributed by atoms with Crippen molar-refractivity contribution in [2.75, 3.05) is 24.5 Å². The van der Waals surface area contributed by atoms with E-state index >= 15 is 0 Å². The topological polar surface area (TPSA) is 28.2 Å². The van der Waals surface area contributed by atoms with E-state index in [0.717, 1.165) is 25.0 Å². The lowest BCUT2D eigenvalue weighted by Gasteiger charge is -2.36. The number of hydrogen-bond acceptors (Lipinski definition) is 3. The summed E-state index contributed by atoms with van der Waals surface area (Å²) in [7, 11) is 0. The Morgan fingerprint density at radius 2 is 2.19 bits per heavy atom. The van der Waals surface area contributed by atoms with Crippen molar-refractivity contribution < 1.29 is 0 Å². The number of hydrogen-bond donors (Lipinski definition) is 1. The first-order valence-electron chi connectivity index (χ1n) is 5.93. The van der Waals surface area contributed by atoms with Gasteiger partial charge in [0.25, 0.3) is 0 Å². The molecule has 2 aliphatic rings. The maximum atomic E-state index is 5.80. The molecule has 2 atom stereocenters. The van der Waals surface area contributed by atoms with Gasteiger partial charge < -0.3 is 10.2 Å². The van der Waals surface area contributed by atoms with E-state index in [9.17, 15) is 0 Å². The fraction of sp³-hybridized carbons (Fsp3) is 0.583. The molecule has 3 rings (SSSR count). The van der Waals surface area contributed by atoms with Gasteiger partial charge in [-0.25, -0.2) is 4.98 Å². The second kappa shape index (κ2) is 4.22. The summed E-state index contributed by atoms with van der Waals surface area (Å²) in [4.78, 5) is 6.57. The van der Waals surface area contributed by atoms with Gasteiger partial charge in [0.05, 0.1) is 11.9 Å². The summed E-state index contributed by atoms with van der Waals surface area (Å²) in [6.07, 6.45) is 4.41. The van der Waals surface area contributed by atoms with E-state index < -0.39 is 0 Å². The van der Waals surface area contributed by atoms with Crippen LogP contribution in [0.1, 0.15) is 12.8 Å². The number of aromatic nitrogens is 1. The molecule has 0 amide bonds. The molecule has 0 bridgehead atoms. The van der Waals surface area contributed by atoms with Gasteiger partial charge in [-0.15, -0.1) is 0 Å². The molecule has 2 unspecified atom stereocenters. The van der Waals surface area contributed by atoms with Crippen LogP contribution in [0, 0.1) is 5.92 Å². The summed E-state index contributed by atoms with van der Waals surface area (Å²) in [5, 5.41) is 4.07. The summed E-state index contributed by atoms with van der Waals surface area (Å²) in [6.45, 7) is 3.47. The lowest BCUT2D eigenvalue weighted by Crippen LogP contribution is -2.52. The number of rotatable bonds is 1. The van der Waals surface area contributed by atoms with E-state index in [-0.39, 0.29) is 0 Å². The normalized spacial score (nSPS) is 29.2. The van der Waals surface area contributed by atoms with E-state index in [1.807, 2.05) is 12.3 Å². The highest BCUT2D eigenvalue weighted by molar-refractivity contribution is 6.29. The largest absolute Gasteiger partial charge is 0.370 e. The summed E-state index contributed by atoms with van der Waals surface area (Å²) in [5.41, 5.74) is 1.20. The van der Waals surface area contributed by atoms with Crippen molar-refractivity contribution in [3.63, 3.8) is 0 Å². The summed E-state index contributed by atoms with van der Waals surface area (Å²) in [6, 6.07) is 4.69.